The Labute approximate surface area is 177 Å². The second-order valence-electron chi connectivity index (χ2n) is 7.08. The van der Waals surface area contributed by atoms with Crippen molar-refractivity contribution in [2.24, 2.45) is 0 Å². The van der Waals surface area contributed by atoms with Crippen molar-refractivity contribution in [3.63, 3.8) is 0 Å². The third-order valence-corrected chi connectivity index (χ3v) is 4.93. The molecule has 1 fully saturated rings. The summed E-state index contributed by atoms with van der Waals surface area (Å²) in [5.74, 6) is 1.13. The van der Waals surface area contributed by atoms with E-state index in [1.807, 2.05) is 12.1 Å². The van der Waals surface area contributed by atoms with E-state index in [4.69, 9.17) is 20.0 Å². The molecule has 0 N–H and O–H groups in total. The number of pyridine rings is 2. The minimum Gasteiger partial charge on any atom is -0.478 e. The van der Waals surface area contributed by atoms with E-state index in [9.17, 15) is 0 Å². The molecule has 0 radical (unpaired) electrons. The van der Waals surface area contributed by atoms with Gasteiger partial charge in [0.2, 0.25) is 11.8 Å². The molecule has 156 valence electrons. The molecule has 1 saturated heterocycles. The van der Waals surface area contributed by atoms with Gasteiger partial charge in [0, 0.05) is 63.8 Å². The maximum atomic E-state index is 8.77. The van der Waals surface area contributed by atoms with Gasteiger partial charge >= 0.3 is 0 Å². The number of nitriles is 2. The molecule has 0 bridgehead atoms. The van der Waals surface area contributed by atoms with E-state index in [0.717, 1.165) is 52.1 Å². The SMILES string of the molecule is N#Cc1ccc(OCCCN2CCN(CCCOc3ccc(C#N)cn3)CC2)nc1. The lowest BCUT2D eigenvalue weighted by Crippen LogP contribution is -2.47. The second kappa shape index (κ2) is 11.7. The van der Waals surface area contributed by atoms with Crippen LogP contribution in [-0.2, 0) is 0 Å². The maximum absolute atomic E-state index is 8.77. The Morgan fingerprint density at radius 2 is 1.17 bits per heavy atom. The number of hydrogen-bond donors (Lipinski definition) is 0. The van der Waals surface area contributed by atoms with E-state index in [0.29, 0.717) is 36.1 Å². The first-order valence-corrected chi connectivity index (χ1v) is 10.2. The van der Waals surface area contributed by atoms with Crippen LogP contribution < -0.4 is 9.47 Å². The number of rotatable bonds is 10. The minimum absolute atomic E-state index is 0.540. The van der Waals surface area contributed by atoms with E-state index in [1.165, 1.54) is 12.4 Å². The van der Waals surface area contributed by atoms with Gasteiger partial charge in [-0.3, -0.25) is 0 Å². The maximum Gasteiger partial charge on any atom is 0.213 e. The van der Waals surface area contributed by atoms with Crippen LogP contribution in [0.1, 0.15) is 24.0 Å². The van der Waals surface area contributed by atoms with Gasteiger partial charge in [-0.25, -0.2) is 9.97 Å². The van der Waals surface area contributed by atoms with Crippen LogP contribution in [0.2, 0.25) is 0 Å². The highest BCUT2D eigenvalue weighted by atomic mass is 16.5. The summed E-state index contributed by atoms with van der Waals surface area (Å²) in [4.78, 5) is 13.2. The lowest BCUT2D eigenvalue weighted by Gasteiger charge is -2.34. The smallest absolute Gasteiger partial charge is 0.213 e. The largest absolute Gasteiger partial charge is 0.478 e. The summed E-state index contributed by atoms with van der Waals surface area (Å²) in [5, 5.41) is 17.5. The summed E-state index contributed by atoms with van der Waals surface area (Å²) in [7, 11) is 0. The van der Waals surface area contributed by atoms with Crippen molar-refractivity contribution in [2.45, 2.75) is 12.8 Å². The lowest BCUT2D eigenvalue weighted by molar-refractivity contribution is 0.120. The molecule has 2 aromatic rings. The molecule has 0 aliphatic carbocycles. The van der Waals surface area contributed by atoms with Crippen LogP contribution in [0.3, 0.4) is 0 Å². The van der Waals surface area contributed by atoms with Crippen LogP contribution in [0.15, 0.2) is 36.7 Å². The molecule has 0 amide bonds. The van der Waals surface area contributed by atoms with Gasteiger partial charge in [-0.05, 0) is 25.0 Å². The highest BCUT2D eigenvalue weighted by Gasteiger charge is 2.16. The number of aromatic nitrogens is 2. The van der Waals surface area contributed by atoms with Crippen LogP contribution in [-0.4, -0.2) is 72.3 Å². The van der Waals surface area contributed by atoms with Crippen LogP contribution >= 0.6 is 0 Å². The van der Waals surface area contributed by atoms with Gasteiger partial charge in [0.05, 0.1) is 24.3 Å². The summed E-state index contributed by atoms with van der Waals surface area (Å²) in [5.41, 5.74) is 1.08. The van der Waals surface area contributed by atoms with Gasteiger partial charge < -0.3 is 19.3 Å². The van der Waals surface area contributed by atoms with E-state index < -0.39 is 0 Å². The molecule has 30 heavy (non-hydrogen) atoms. The van der Waals surface area contributed by atoms with E-state index in [2.05, 4.69) is 19.8 Å². The molecule has 1 aliphatic heterocycles. The number of nitrogens with zero attached hydrogens (tertiary/aromatic N) is 6. The van der Waals surface area contributed by atoms with Gasteiger partial charge in [0.25, 0.3) is 0 Å². The molecule has 0 spiro atoms. The monoisotopic (exact) mass is 406 g/mol. The summed E-state index contributed by atoms with van der Waals surface area (Å²) in [6.07, 6.45) is 4.96. The van der Waals surface area contributed by atoms with Crippen molar-refractivity contribution >= 4 is 0 Å². The average molecular weight is 406 g/mol. The lowest BCUT2D eigenvalue weighted by atomic mass is 10.2. The molecule has 0 unspecified atom stereocenters. The van der Waals surface area contributed by atoms with Crippen LogP contribution in [0.5, 0.6) is 11.8 Å². The van der Waals surface area contributed by atoms with Crippen molar-refractivity contribution in [3.05, 3.63) is 47.8 Å². The van der Waals surface area contributed by atoms with E-state index in [1.54, 1.807) is 24.3 Å². The third-order valence-electron chi connectivity index (χ3n) is 4.93. The Morgan fingerprint density at radius 1 is 0.733 bits per heavy atom. The van der Waals surface area contributed by atoms with Crippen molar-refractivity contribution < 1.29 is 9.47 Å². The van der Waals surface area contributed by atoms with Crippen molar-refractivity contribution in [2.75, 3.05) is 52.5 Å². The summed E-state index contributed by atoms with van der Waals surface area (Å²) in [6, 6.07) is 11.0. The Bertz CT molecular complexity index is 776. The standard InChI is InChI=1S/C22H26N6O2/c23-15-19-3-5-21(25-17-19)29-13-1-7-27-9-11-28(12-10-27)8-2-14-30-22-6-4-20(16-24)18-26-22/h3-6,17-18H,1-2,7-14H2. The fourth-order valence-corrected chi connectivity index (χ4v) is 3.23. The van der Waals surface area contributed by atoms with Crippen molar-refractivity contribution in [3.8, 4) is 23.9 Å². The molecule has 1 aliphatic rings. The average Bonchev–Trinajstić information content (AvgIpc) is 2.81. The van der Waals surface area contributed by atoms with Gasteiger partial charge in [0.1, 0.15) is 12.1 Å². The van der Waals surface area contributed by atoms with Crippen LogP contribution in [0.25, 0.3) is 0 Å². The predicted octanol–water partition coefficient (Wildman–Crippen LogP) is 2.08. The second-order valence-corrected chi connectivity index (χ2v) is 7.08. The number of ether oxygens (including phenoxy) is 2. The zero-order valence-corrected chi connectivity index (χ0v) is 17.0. The number of hydrogen-bond acceptors (Lipinski definition) is 8. The molecule has 0 saturated carbocycles. The van der Waals surface area contributed by atoms with Gasteiger partial charge in [-0.2, -0.15) is 10.5 Å². The minimum atomic E-state index is 0.540. The van der Waals surface area contributed by atoms with Gasteiger partial charge in [-0.1, -0.05) is 0 Å². The first kappa shape index (κ1) is 21.5. The Morgan fingerprint density at radius 3 is 1.50 bits per heavy atom. The fraction of sp³-hybridized carbons (Fsp3) is 0.455. The summed E-state index contributed by atoms with van der Waals surface area (Å²) in [6.45, 7) is 7.52. The normalized spacial score (nSPS) is 14.6. The molecule has 8 nitrogen and oxygen atoms in total. The third kappa shape index (κ3) is 7.00. The molecule has 0 aromatic carbocycles. The highest BCUT2D eigenvalue weighted by molar-refractivity contribution is 5.28. The zero-order chi connectivity index (χ0) is 21.0. The van der Waals surface area contributed by atoms with E-state index >= 15 is 0 Å². The molecule has 8 heteroatoms. The van der Waals surface area contributed by atoms with E-state index in [-0.39, 0.29) is 0 Å². The summed E-state index contributed by atoms with van der Waals surface area (Å²) < 4.78 is 11.3. The zero-order valence-electron chi connectivity index (χ0n) is 17.0. The Kier molecular flexibility index (Phi) is 8.40. The first-order valence-electron chi connectivity index (χ1n) is 10.2. The molecule has 2 aromatic heterocycles. The molecule has 0 atom stereocenters. The Hall–Kier alpha value is -3.20. The van der Waals surface area contributed by atoms with Crippen LogP contribution in [0.4, 0.5) is 0 Å². The van der Waals surface area contributed by atoms with Crippen LogP contribution in [0, 0.1) is 22.7 Å². The van der Waals surface area contributed by atoms with Crippen molar-refractivity contribution in [1.29, 1.82) is 10.5 Å². The molecule has 3 rings (SSSR count). The quantitative estimate of drug-likeness (QED) is 0.553. The first-order chi connectivity index (χ1) is 14.8. The summed E-state index contributed by atoms with van der Waals surface area (Å²) >= 11 is 0. The molecular weight excluding hydrogens is 380 g/mol. The van der Waals surface area contributed by atoms with Gasteiger partial charge in [0.15, 0.2) is 0 Å². The fourth-order valence-electron chi connectivity index (χ4n) is 3.23. The topological polar surface area (TPSA) is 98.3 Å². The Balaban J connectivity index is 1.22. The molecular formula is C22H26N6O2. The highest BCUT2D eigenvalue weighted by Crippen LogP contribution is 2.09. The number of piperazine rings is 1. The predicted molar refractivity (Wildman–Crippen MR) is 111 cm³/mol. The molecule has 3 heterocycles. The van der Waals surface area contributed by atoms with Crippen molar-refractivity contribution in [1.82, 2.24) is 19.8 Å². The van der Waals surface area contributed by atoms with Gasteiger partial charge in [-0.15, -0.1) is 0 Å².